The van der Waals surface area contributed by atoms with Gasteiger partial charge in [-0.15, -0.1) is 0 Å². The van der Waals surface area contributed by atoms with E-state index in [4.69, 9.17) is 4.74 Å². The van der Waals surface area contributed by atoms with E-state index in [0.29, 0.717) is 11.8 Å². The van der Waals surface area contributed by atoms with Crippen LogP contribution in [0.15, 0.2) is 0 Å². The van der Waals surface area contributed by atoms with Gasteiger partial charge in [-0.1, -0.05) is 20.8 Å². The molecule has 0 heterocycles. The number of nitrogens with one attached hydrogen (secondary N) is 1. The van der Waals surface area contributed by atoms with Gasteiger partial charge in [0.2, 0.25) is 0 Å². The maximum absolute atomic E-state index is 12.2. The topological polar surface area (TPSA) is 38.3 Å². The summed E-state index contributed by atoms with van der Waals surface area (Å²) in [6.07, 6.45) is 3.34. The van der Waals surface area contributed by atoms with Crippen LogP contribution in [0, 0.1) is 11.8 Å². The molecule has 0 spiro atoms. The smallest absolute Gasteiger partial charge is 0.327 e. The number of ether oxygens (including phenoxy) is 1. The molecule has 1 N–H and O–H groups in total. The standard InChI is InChI=1S/C14H27NO2S/c1-5-8-15-14(12-6-7-12,13(16)17-4)10-18-9-11(2)3/h11-12,15H,5-10H2,1-4H3. The third-order valence-corrected chi connectivity index (χ3v) is 4.86. The minimum Gasteiger partial charge on any atom is -0.468 e. The second kappa shape index (κ2) is 7.39. The van der Waals surface area contributed by atoms with E-state index in [9.17, 15) is 4.79 Å². The van der Waals surface area contributed by atoms with Gasteiger partial charge in [0.1, 0.15) is 5.54 Å². The average molecular weight is 273 g/mol. The van der Waals surface area contributed by atoms with Gasteiger partial charge < -0.3 is 10.1 Å². The van der Waals surface area contributed by atoms with Crippen molar-refractivity contribution in [2.24, 2.45) is 11.8 Å². The lowest BCUT2D eigenvalue weighted by molar-refractivity contribution is -0.148. The van der Waals surface area contributed by atoms with Gasteiger partial charge in [-0.25, -0.2) is 0 Å². The van der Waals surface area contributed by atoms with E-state index in [1.807, 2.05) is 11.8 Å². The number of rotatable bonds is 9. The number of hydrogen-bond acceptors (Lipinski definition) is 4. The lowest BCUT2D eigenvalue weighted by Gasteiger charge is -2.32. The third-order valence-electron chi connectivity index (χ3n) is 3.30. The van der Waals surface area contributed by atoms with Crippen LogP contribution in [-0.4, -0.2) is 36.7 Å². The Hall–Kier alpha value is -0.220. The third kappa shape index (κ3) is 4.16. The molecule has 1 unspecified atom stereocenters. The van der Waals surface area contributed by atoms with E-state index in [2.05, 4.69) is 26.1 Å². The molecule has 106 valence electrons. The summed E-state index contributed by atoms with van der Waals surface area (Å²) in [6.45, 7) is 7.43. The quantitative estimate of drug-likeness (QED) is 0.656. The van der Waals surface area contributed by atoms with Crippen molar-refractivity contribution in [1.29, 1.82) is 0 Å². The Labute approximate surface area is 115 Å². The van der Waals surface area contributed by atoms with Gasteiger partial charge >= 0.3 is 5.97 Å². The van der Waals surface area contributed by atoms with Crippen molar-refractivity contribution in [2.45, 2.75) is 45.6 Å². The van der Waals surface area contributed by atoms with Crippen molar-refractivity contribution >= 4 is 17.7 Å². The summed E-state index contributed by atoms with van der Waals surface area (Å²) in [5.74, 6) is 2.99. The molecule has 0 aromatic rings. The molecule has 1 rings (SSSR count). The van der Waals surface area contributed by atoms with Crippen molar-refractivity contribution in [3.8, 4) is 0 Å². The van der Waals surface area contributed by atoms with Gasteiger partial charge in [-0.2, -0.15) is 11.8 Å². The van der Waals surface area contributed by atoms with E-state index >= 15 is 0 Å². The summed E-state index contributed by atoms with van der Waals surface area (Å²) in [6, 6.07) is 0. The van der Waals surface area contributed by atoms with E-state index < -0.39 is 5.54 Å². The number of carbonyl (C=O) groups is 1. The molecule has 4 heteroatoms. The van der Waals surface area contributed by atoms with Crippen molar-refractivity contribution in [3.05, 3.63) is 0 Å². The molecule has 0 aromatic heterocycles. The first-order valence-corrected chi connectivity index (χ1v) is 8.13. The largest absolute Gasteiger partial charge is 0.468 e. The second-order valence-electron chi connectivity index (χ2n) is 5.57. The molecular weight excluding hydrogens is 246 g/mol. The lowest BCUT2D eigenvalue weighted by Crippen LogP contribution is -2.57. The van der Waals surface area contributed by atoms with Crippen LogP contribution in [0.5, 0.6) is 0 Å². The summed E-state index contributed by atoms with van der Waals surface area (Å²) in [4.78, 5) is 12.2. The van der Waals surface area contributed by atoms with Crippen LogP contribution in [-0.2, 0) is 9.53 Å². The van der Waals surface area contributed by atoms with Gasteiger partial charge in [-0.3, -0.25) is 4.79 Å². The Morgan fingerprint density at radius 2 is 2.17 bits per heavy atom. The van der Waals surface area contributed by atoms with Gasteiger partial charge in [0, 0.05) is 5.75 Å². The minimum absolute atomic E-state index is 0.0743. The number of thioether (sulfide) groups is 1. The molecule has 0 radical (unpaired) electrons. The van der Waals surface area contributed by atoms with Gasteiger partial charge in [0.15, 0.2) is 0 Å². The number of carbonyl (C=O) groups excluding carboxylic acids is 1. The van der Waals surface area contributed by atoms with Gasteiger partial charge in [-0.05, 0) is 43.4 Å². The fraction of sp³-hybridized carbons (Fsp3) is 0.929. The Morgan fingerprint density at radius 1 is 1.50 bits per heavy atom. The SMILES string of the molecule is CCCNC(CSCC(C)C)(C(=O)OC)C1CC1. The molecule has 1 atom stereocenters. The fourth-order valence-corrected chi connectivity index (χ4v) is 3.54. The fourth-order valence-electron chi connectivity index (χ4n) is 2.17. The molecular formula is C14H27NO2S. The van der Waals surface area contributed by atoms with E-state index in [1.165, 1.54) is 7.11 Å². The molecule has 18 heavy (non-hydrogen) atoms. The summed E-state index contributed by atoms with van der Waals surface area (Å²) in [5.41, 5.74) is -0.440. The van der Waals surface area contributed by atoms with E-state index in [1.54, 1.807) is 0 Å². The zero-order valence-corrected chi connectivity index (χ0v) is 12.9. The van der Waals surface area contributed by atoms with Crippen molar-refractivity contribution < 1.29 is 9.53 Å². The van der Waals surface area contributed by atoms with Crippen LogP contribution >= 0.6 is 11.8 Å². The second-order valence-corrected chi connectivity index (χ2v) is 6.60. The summed E-state index contributed by atoms with van der Waals surface area (Å²) in [7, 11) is 1.50. The van der Waals surface area contributed by atoms with Crippen molar-refractivity contribution in [3.63, 3.8) is 0 Å². The first kappa shape index (κ1) is 15.8. The van der Waals surface area contributed by atoms with Crippen LogP contribution < -0.4 is 5.32 Å². The highest BCUT2D eigenvalue weighted by atomic mass is 32.2. The zero-order chi connectivity index (χ0) is 13.6. The van der Waals surface area contributed by atoms with Crippen LogP contribution in [0.2, 0.25) is 0 Å². The highest BCUT2D eigenvalue weighted by Crippen LogP contribution is 2.42. The van der Waals surface area contributed by atoms with Crippen LogP contribution in [0.4, 0.5) is 0 Å². The van der Waals surface area contributed by atoms with Crippen LogP contribution in [0.25, 0.3) is 0 Å². The predicted molar refractivity (Wildman–Crippen MR) is 77.9 cm³/mol. The average Bonchev–Trinajstić information content (AvgIpc) is 3.16. The maximum atomic E-state index is 12.2. The van der Waals surface area contributed by atoms with Crippen LogP contribution in [0.3, 0.4) is 0 Å². The highest BCUT2D eigenvalue weighted by Gasteiger charge is 2.51. The predicted octanol–water partition coefficient (Wildman–Crippen LogP) is 2.70. The number of hydrogen-bond donors (Lipinski definition) is 1. The molecule has 1 aliphatic rings. The molecule has 1 saturated carbocycles. The normalized spacial score (nSPS) is 18.7. The summed E-state index contributed by atoms with van der Waals surface area (Å²) in [5, 5.41) is 3.47. The highest BCUT2D eigenvalue weighted by molar-refractivity contribution is 7.99. The van der Waals surface area contributed by atoms with E-state index in [0.717, 1.165) is 37.3 Å². The number of methoxy groups -OCH3 is 1. The molecule has 0 amide bonds. The molecule has 0 aliphatic heterocycles. The molecule has 0 aromatic carbocycles. The first-order chi connectivity index (χ1) is 8.56. The number of esters is 1. The molecule has 0 saturated heterocycles. The summed E-state index contributed by atoms with van der Waals surface area (Å²) >= 11 is 1.87. The van der Waals surface area contributed by atoms with Gasteiger partial charge in [0.25, 0.3) is 0 Å². The monoisotopic (exact) mass is 273 g/mol. The van der Waals surface area contributed by atoms with Gasteiger partial charge in [0.05, 0.1) is 7.11 Å². The first-order valence-electron chi connectivity index (χ1n) is 6.98. The molecule has 0 bridgehead atoms. The summed E-state index contributed by atoms with van der Waals surface area (Å²) < 4.78 is 5.06. The Bertz CT molecular complexity index is 267. The zero-order valence-electron chi connectivity index (χ0n) is 12.1. The molecule has 1 aliphatic carbocycles. The molecule has 3 nitrogen and oxygen atoms in total. The minimum atomic E-state index is -0.440. The Morgan fingerprint density at radius 3 is 2.61 bits per heavy atom. The van der Waals surface area contributed by atoms with Crippen molar-refractivity contribution in [1.82, 2.24) is 5.32 Å². The molecule has 1 fully saturated rings. The Kier molecular flexibility index (Phi) is 6.50. The van der Waals surface area contributed by atoms with Crippen molar-refractivity contribution in [2.75, 3.05) is 25.2 Å². The van der Waals surface area contributed by atoms with Crippen LogP contribution in [0.1, 0.15) is 40.0 Å². The lowest BCUT2D eigenvalue weighted by atomic mass is 9.95. The maximum Gasteiger partial charge on any atom is 0.327 e. The Balaban J connectivity index is 2.66. The van der Waals surface area contributed by atoms with E-state index in [-0.39, 0.29) is 5.97 Å².